The van der Waals surface area contributed by atoms with E-state index in [0.29, 0.717) is 19.0 Å². The highest BCUT2D eigenvalue weighted by Crippen LogP contribution is 2.25. The van der Waals surface area contributed by atoms with Gasteiger partial charge in [-0.05, 0) is 30.9 Å². The normalized spacial score (nSPS) is 15.0. The minimum atomic E-state index is -0.807. The van der Waals surface area contributed by atoms with E-state index in [1.807, 2.05) is 36.5 Å². The monoisotopic (exact) mass is 381 g/mol. The first-order valence-electron chi connectivity index (χ1n) is 9.43. The van der Waals surface area contributed by atoms with Gasteiger partial charge in [0.1, 0.15) is 23.0 Å². The first kappa shape index (κ1) is 18.3. The summed E-state index contributed by atoms with van der Waals surface area (Å²) in [7, 11) is 0. The fourth-order valence-corrected chi connectivity index (χ4v) is 3.76. The molecule has 1 aliphatic heterocycles. The second-order valence-electron chi connectivity index (χ2n) is 7.10. The summed E-state index contributed by atoms with van der Waals surface area (Å²) in [5.74, 6) is -0.878. The van der Waals surface area contributed by atoms with Gasteiger partial charge in [-0.1, -0.05) is 36.4 Å². The van der Waals surface area contributed by atoms with Crippen molar-refractivity contribution in [1.82, 2.24) is 14.5 Å². The van der Waals surface area contributed by atoms with Crippen LogP contribution in [0, 0.1) is 17.6 Å². The summed E-state index contributed by atoms with van der Waals surface area (Å²) in [6.07, 6.45) is 5.33. The number of halogens is 2. The van der Waals surface area contributed by atoms with Crippen LogP contribution in [0.3, 0.4) is 0 Å². The topological polar surface area (TPSA) is 38.1 Å². The van der Waals surface area contributed by atoms with Crippen LogP contribution in [0.5, 0.6) is 0 Å². The molecule has 2 heterocycles. The van der Waals surface area contributed by atoms with E-state index in [2.05, 4.69) is 9.55 Å². The van der Waals surface area contributed by atoms with Gasteiger partial charge in [-0.15, -0.1) is 0 Å². The third kappa shape index (κ3) is 3.67. The third-order valence-corrected chi connectivity index (χ3v) is 5.28. The van der Waals surface area contributed by atoms with Crippen molar-refractivity contribution in [2.24, 2.45) is 5.92 Å². The maximum atomic E-state index is 13.9. The Labute approximate surface area is 162 Å². The highest BCUT2D eigenvalue weighted by molar-refractivity contribution is 5.94. The summed E-state index contributed by atoms with van der Waals surface area (Å²) in [5.41, 5.74) is 0.608. The van der Waals surface area contributed by atoms with Crippen LogP contribution in [0.2, 0.25) is 0 Å². The number of piperidine rings is 1. The molecule has 144 valence electrons. The molecule has 6 heteroatoms. The molecular formula is C22H21F2N3O. The molecule has 0 radical (unpaired) electrons. The zero-order valence-corrected chi connectivity index (χ0v) is 15.4. The molecule has 4 rings (SSSR count). The number of carbonyl (C=O) groups is 1. The Balaban J connectivity index is 1.41. The van der Waals surface area contributed by atoms with E-state index in [1.54, 1.807) is 11.1 Å². The van der Waals surface area contributed by atoms with Gasteiger partial charge in [-0.2, -0.15) is 0 Å². The Morgan fingerprint density at radius 2 is 1.68 bits per heavy atom. The standard InChI is InChI=1S/C22H21F2N3O/c23-18-7-4-8-19(24)20(18)22(28)26-12-9-16(10-13-26)15-27-14-11-25-21(27)17-5-2-1-3-6-17/h1-8,11,14,16H,9-10,12-13,15H2. The zero-order valence-electron chi connectivity index (χ0n) is 15.4. The molecule has 0 bridgehead atoms. The lowest BCUT2D eigenvalue weighted by atomic mass is 9.96. The Morgan fingerprint density at radius 3 is 2.36 bits per heavy atom. The molecule has 1 fully saturated rings. The van der Waals surface area contributed by atoms with Crippen molar-refractivity contribution in [2.75, 3.05) is 13.1 Å². The van der Waals surface area contributed by atoms with E-state index in [0.717, 1.165) is 42.9 Å². The lowest BCUT2D eigenvalue weighted by Crippen LogP contribution is -2.40. The molecule has 0 atom stereocenters. The van der Waals surface area contributed by atoms with Crippen molar-refractivity contribution >= 4 is 5.91 Å². The van der Waals surface area contributed by atoms with E-state index < -0.39 is 23.1 Å². The highest BCUT2D eigenvalue weighted by Gasteiger charge is 2.27. The van der Waals surface area contributed by atoms with E-state index in [1.165, 1.54) is 6.07 Å². The Morgan fingerprint density at radius 1 is 1.00 bits per heavy atom. The largest absolute Gasteiger partial charge is 0.338 e. The molecule has 1 saturated heterocycles. The molecule has 0 unspecified atom stereocenters. The number of hydrogen-bond acceptors (Lipinski definition) is 2. The Bertz CT molecular complexity index is 943. The van der Waals surface area contributed by atoms with Gasteiger partial charge in [-0.25, -0.2) is 13.8 Å². The van der Waals surface area contributed by atoms with Crippen LogP contribution < -0.4 is 0 Å². The van der Waals surface area contributed by atoms with Crippen molar-refractivity contribution in [3.63, 3.8) is 0 Å². The maximum Gasteiger partial charge on any atom is 0.259 e. The van der Waals surface area contributed by atoms with Gasteiger partial charge in [-0.3, -0.25) is 4.79 Å². The average Bonchev–Trinajstić information content (AvgIpc) is 3.17. The lowest BCUT2D eigenvalue weighted by molar-refractivity contribution is 0.0673. The van der Waals surface area contributed by atoms with Gasteiger partial charge in [0.25, 0.3) is 5.91 Å². The minimum Gasteiger partial charge on any atom is -0.338 e. The summed E-state index contributed by atoms with van der Waals surface area (Å²) in [6, 6.07) is 13.5. The van der Waals surface area contributed by atoms with E-state index >= 15 is 0 Å². The number of imidazole rings is 1. The van der Waals surface area contributed by atoms with Crippen LogP contribution in [0.15, 0.2) is 60.9 Å². The summed E-state index contributed by atoms with van der Waals surface area (Å²) in [4.78, 5) is 18.5. The van der Waals surface area contributed by atoms with Gasteiger partial charge in [0.15, 0.2) is 0 Å². The van der Waals surface area contributed by atoms with Gasteiger partial charge in [0, 0.05) is 37.6 Å². The average molecular weight is 381 g/mol. The second-order valence-corrected chi connectivity index (χ2v) is 7.10. The summed E-state index contributed by atoms with van der Waals surface area (Å²) in [5, 5.41) is 0. The molecule has 0 N–H and O–H groups in total. The van der Waals surface area contributed by atoms with Gasteiger partial charge in [0.2, 0.25) is 0 Å². The molecular weight excluding hydrogens is 360 g/mol. The van der Waals surface area contributed by atoms with Crippen LogP contribution in [0.4, 0.5) is 8.78 Å². The Hall–Kier alpha value is -3.02. The molecule has 28 heavy (non-hydrogen) atoms. The smallest absolute Gasteiger partial charge is 0.259 e. The first-order chi connectivity index (χ1) is 13.6. The quantitative estimate of drug-likeness (QED) is 0.673. The number of nitrogens with zero attached hydrogens (tertiary/aromatic N) is 3. The predicted octanol–water partition coefficient (Wildman–Crippen LogP) is 4.38. The zero-order chi connectivity index (χ0) is 19.5. The van der Waals surface area contributed by atoms with Gasteiger partial charge >= 0.3 is 0 Å². The number of amides is 1. The number of aromatic nitrogens is 2. The van der Waals surface area contributed by atoms with Crippen LogP contribution in [-0.4, -0.2) is 33.4 Å². The van der Waals surface area contributed by atoms with Crippen LogP contribution in [-0.2, 0) is 6.54 Å². The SMILES string of the molecule is O=C(c1c(F)cccc1F)N1CCC(Cn2ccnc2-c2ccccc2)CC1. The van der Waals surface area contributed by atoms with E-state index in [9.17, 15) is 13.6 Å². The van der Waals surface area contributed by atoms with Crippen LogP contribution in [0.1, 0.15) is 23.2 Å². The lowest BCUT2D eigenvalue weighted by Gasteiger charge is -2.32. The maximum absolute atomic E-state index is 13.9. The fourth-order valence-electron chi connectivity index (χ4n) is 3.76. The van der Waals surface area contributed by atoms with Gasteiger partial charge in [0.05, 0.1) is 0 Å². The molecule has 1 aliphatic rings. The predicted molar refractivity (Wildman–Crippen MR) is 103 cm³/mol. The minimum absolute atomic E-state index is 0.381. The fraction of sp³-hybridized carbons (Fsp3) is 0.273. The number of carbonyl (C=O) groups excluding carboxylic acids is 1. The van der Waals surface area contributed by atoms with Crippen molar-refractivity contribution in [3.8, 4) is 11.4 Å². The summed E-state index contributed by atoms with van der Waals surface area (Å²) < 4.78 is 29.9. The van der Waals surface area contributed by atoms with Crippen molar-refractivity contribution in [2.45, 2.75) is 19.4 Å². The molecule has 1 aromatic heterocycles. The van der Waals surface area contributed by atoms with Crippen LogP contribution >= 0.6 is 0 Å². The number of likely N-dealkylation sites (tertiary alicyclic amines) is 1. The number of rotatable bonds is 4. The van der Waals surface area contributed by atoms with Crippen molar-refractivity contribution in [1.29, 1.82) is 0 Å². The molecule has 0 spiro atoms. The Kier molecular flexibility index (Phi) is 5.19. The van der Waals surface area contributed by atoms with Crippen molar-refractivity contribution < 1.29 is 13.6 Å². The molecule has 0 saturated carbocycles. The summed E-state index contributed by atoms with van der Waals surface area (Å²) in [6.45, 7) is 1.79. The number of benzene rings is 2. The number of hydrogen-bond donors (Lipinski definition) is 0. The van der Waals surface area contributed by atoms with Crippen LogP contribution in [0.25, 0.3) is 11.4 Å². The molecule has 2 aromatic carbocycles. The summed E-state index contributed by atoms with van der Waals surface area (Å²) >= 11 is 0. The van der Waals surface area contributed by atoms with Gasteiger partial charge < -0.3 is 9.47 Å². The van der Waals surface area contributed by atoms with E-state index in [4.69, 9.17) is 0 Å². The highest BCUT2D eigenvalue weighted by atomic mass is 19.1. The molecule has 3 aromatic rings. The van der Waals surface area contributed by atoms with E-state index in [-0.39, 0.29) is 0 Å². The third-order valence-electron chi connectivity index (χ3n) is 5.28. The second kappa shape index (κ2) is 7.92. The van der Waals surface area contributed by atoms with Crippen molar-refractivity contribution in [3.05, 3.63) is 78.1 Å². The molecule has 0 aliphatic carbocycles. The molecule has 1 amide bonds. The molecule has 4 nitrogen and oxygen atoms in total. The first-order valence-corrected chi connectivity index (χ1v) is 9.43.